The van der Waals surface area contributed by atoms with E-state index in [1.165, 1.54) is 19.3 Å². The molecule has 2 nitrogen and oxygen atoms in total. The van der Waals surface area contributed by atoms with E-state index >= 15 is 0 Å². The van der Waals surface area contributed by atoms with Crippen molar-refractivity contribution in [3.05, 3.63) is 0 Å². The quantitative estimate of drug-likeness (QED) is 0.616. The van der Waals surface area contributed by atoms with Crippen molar-refractivity contribution < 1.29 is 5.11 Å². The number of nitrogens with two attached hydrogens (primary N) is 1. The van der Waals surface area contributed by atoms with Gasteiger partial charge in [-0.3, -0.25) is 0 Å². The average Bonchev–Trinajstić information content (AvgIpc) is 1.77. The van der Waals surface area contributed by atoms with Crippen LogP contribution in [0.5, 0.6) is 0 Å². The fourth-order valence-electron chi connectivity index (χ4n) is 1.79. The second-order valence-corrected chi connectivity index (χ2v) is 3.48. The lowest BCUT2D eigenvalue weighted by Crippen LogP contribution is -2.45. The van der Waals surface area contributed by atoms with Gasteiger partial charge in [-0.05, 0) is 31.6 Å². The molecule has 1 aliphatic rings. The maximum absolute atomic E-state index is 8.76. The minimum Gasteiger partial charge on any atom is -0.396 e. The lowest BCUT2D eigenvalue weighted by Gasteiger charge is -2.45. The lowest BCUT2D eigenvalue weighted by molar-refractivity contribution is 0.0636. The molecule has 0 heterocycles. The van der Waals surface area contributed by atoms with Crippen LogP contribution >= 0.6 is 0 Å². The maximum Gasteiger partial charge on any atom is 0.0436 e. The topological polar surface area (TPSA) is 46.2 Å². The Bertz CT molecular complexity index is 108. The minimum atomic E-state index is 0.258. The third kappa shape index (κ3) is 1.18. The van der Waals surface area contributed by atoms with Gasteiger partial charge >= 0.3 is 0 Å². The molecule has 1 fully saturated rings. The fourth-order valence-corrected chi connectivity index (χ4v) is 1.79. The van der Waals surface area contributed by atoms with E-state index < -0.39 is 0 Å². The van der Waals surface area contributed by atoms with E-state index in [-0.39, 0.29) is 6.04 Å². The van der Waals surface area contributed by atoms with Gasteiger partial charge in [0.2, 0.25) is 0 Å². The van der Waals surface area contributed by atoms with Crippen molar-refractivity contribution in [2.75, 3.05) is 6.61 Å². The number of aliphatic hydroxyl groups is 1. The molecule has 0 aliphatic heterocycles. The molecule has 0 spiro atoms. The first-order chi connectivity index (χ1) is 4.71. The fraction of sp³-hybridized carbons (Fsp3) is 1.00. The Kier molecular flexibility index (Phi) is 2.32. The van der Waals surface area contributed by atoms with Crippen LogP contribution in [0.4, 0.5) is 0 Å². The van der Waals surface area contributed by atoms with E-state index in [4.69, 9.17) is 10.8 Å². The first-order valence-electron chi connectivity index (χ1n) is 4.08. The van der Waals surface area contributed by atoms with Crippen molar-refractivity contribution in [2.45, 2.75) is 38.6 Å². The molecule has 1 unspecified atom stereocenters. The van der Waals surface area contributed by atoms with Gasteiger partial charge in [0, 0.05) is 12.6 Å². The molecule has 0 aromatic rings. The molecular formula is C8H17NO. The van der Waals surface area contributed by atoms with E-state index in [0.717, 1.165) is 6.42 Å². The molecule has 0 aromatic carbocycles. The van der Waals surface area contributed by atoms with Gasteiger partial charge in [-0.25, -0.2) is 0 Å². The zero-order chi connectivity index (χ0) is 7.61. The van der Waals surface area contributed by atoms with Crippen molar-refractivity contribution in [3.63, 3.8) is 0 Å². The molecule has 1 aliphatic carbocycles. The Hall–Kier alpha value is -0.0800. The first-order valence-corrected chi connectivity index (χ1v) is 4.08. The Balaban J connectivity index is 2.42. The summed E-state index contributed by atoms with van der Waals surface area (Å²) in [6.45, 7) is 2.34. The van der Waals surface area contributed by atoms with Crippen molar-refractivity contribution >= 4 is 0 Å². The summed E-state index contributed by atoms with van der Waals surface area (Å²) >= 11 is 0. The van der Waals surface area contributed by atoms with Crippen LogP contribution in [-0.2, 0) is 0 Å². The maximum atomic E-state index is 8.76. The standard InChI is InChI=1S/C8H17NO/c1-7(9)8(5-6-10)3-2-4-8/h7,10H,2-6,9H2,1H3. The summed E-state index contributed by atoms with van der Waals surface area (Å²) < 4.78 is 0. The Morgan fingerprint density at radius 3 is 2.30 bits per heavy atom. The molecule has 1 atom stereocenters. The second-order valence-electron chi connectivity index (χ2n) is 3.48. The highest BCUT2D eigenvalue weighted by atomic mass is 16.3. The van der Waals surface area contributed by atoms with Crippen LogP contribution in [0.2, 0.25) is 0 Å². The number of hydrogen-bond donors (Lipinski definition) is 2. The second kappa shape index (κ2) is 2.89. The van der Waals surface area contributed by atoms with Gasteiger partial charge in [-0.2, -0.15) is 0 Å². The van der Waals surface area contributed by atoms with E-state index in [1.807, 2.05) is 0 Å². The summed E-state index contributed by atoms with van der Waals surface area (Å²) in [6.07, 6.45) is 4.61. The normalized spacial score (nSPS) is 25.5. The molecule has 1 rings (SSSR count). The SMILES string of the molecule is CC(N)C1(CCO)CCC1. The van der Waals surface area contributed by atoms with E-state index in [0.29, 0.717) is 12.0 Å². The smallest absolute Gasteiger partial charge is 0.0436 e. The highest BCUT2D eigenvalue weighted by Crippen LogP contribution is 2.45. The van der Waals surface area contributed by atoms with Gasteiger partial charge in [-0.1, -0.05) is 6.42 Å². The molecule has 0 aromatic heterocycles. The van der Waals surface area contributed by atoms with E-state index in [2.05, 4.69) is 6.92 Å². The molecule has 0 radical (unpaired) electrons. The van der Waals surface area contributed by atoms with Crippen LogP contribution < -0.4 is 5.73 Å². The van der Waals surface area contributed by atoms with Crippen molar-refractivity contribution in [1.29, 1.82) is 0 Å². The van der Waals surface area contributed by atoms with Gasteiger partial charge in [0.1, 0.15) is 0 Å². The van der Waals surface area contributed by atoms with Crippen molar-refractivity contribution in [1.82, 2.24) is 0 Å². The first kappa shape index (κ1) is 8.02. The van der Waals surface area contributed by atoms with Crippen LogP contribution in [0, 0.1) is 5.41 Å². The molecule has 3 N–H and O–H groups in total. The number of rotatable bonds is 3. The van der Waals surface area contributed by atoms with Gasteiger partial charge in [-0.15, -0.1) is 0 Å². The Labute approximate surface area is 62.4 Å². The Morgan fingerprint density at radius 1 is 1.60 bits per heavy atom. The lowest BCUT2D eigenvalue weighted by atomic mass is 9.63. The van der Waals surface area contributed by atoms with Crippen molar-refractivity contribution in [2.24, 2.45) is 11.1 Å². The van der Waals surface area contributed by atoms with Gasteiger partial charge in [0.15, 0.2) is 0 Å². The summed E-state index contributed by atoms with van der Waals surface area (Å²) in [5.74, 6) is 0. The monoisotopic (exact) mass is 143 g/mol. The summed E-state index contributed by atoms with van der Waals surface area (Å²) in [6, 6.07) is 0.258. The zero-order valence-electron chi connectivity index (χ0n) is 6.64. The van der Waals surface area contributed by atoms with Crippen LogP contribution in [0.3, 0.4) is 0 Å². The largest absolute Gasteiger partial charge is 0.396 e. The minimum absolute atomic E-state index is 0.258. The molecule has 0 saturated heterocycles. The summed E-state index contributed by atoms with van der Waals surface area (Å²) in [4.78, 5) is 0. The van der Waals surface area contributed by atoms with Crippen molar-refractivity contribution in [3.8, 4) is 0 Å². The molecule has 10 heavy (non-hydrogen) atoms. The van der Waals surface area contributed by atoms with Crippen LogP contribution in [0.1, 0.15) is 32.6 Å². The molecular weight excluding hydrogens is 126 g/mol. The Morgan fingerprint density at radius 2 is 2.20 bits per heavy atom. The van der Waals surface area contributed by atoms with Gasteiger partial charge < -0.3 is 10.8 Å². The van der Waals surface area contributed by atoms with Crippen LogP contribution in [0.25, 0.3) is 0 Å². The van der Waals surface area contributed by atoms with Crippen LogP contribution in [-0.4, -0.2) is 17.8 Å². The van der Waals surface area contributed by atoms with Gasteiger partial charge in [0.25, 0.3) is 0 Å². The summed E-state index contributed by atoms with van der Waals surface area (Å²) in [5, 5.41) is 8.76. The number of hydrogen-bond acceptors (Lipinski definition) is 2. The molecule has 60 valence electrons. The molecule has 2 heteroatoms. The predicted molar refractivity (Wildman–Crippen MR) is 41.6 cm³/mol. The highest BCUT2D eigenvalue weighted by molar-refractivity contribution is 4.93. The summed E-state index contributed by atoms with van der Waals surface area (Å²) in [7, 11) is 0. The van der Waals surface area contributed by atoms with Gasteiger partial charge in [0.05, 0.1) is 0 Å². The van der Waals surface area contributed by atoms with E-state index in [1.54, 1.807) is 0 Å². The molecule has 0 amide bonds. The zero-order valence-corrected chi connectivity index (χ0v) is 6.64. The molecule has 0 bridgehead atoms. The van der Waals surface area contributed by atoms with Crippen LogP contribution in [0.15, 0.2) is 0 Å². The average molecular weight is 143 g/mol. The third-order valence-corrected chi connectivity index (χ3v) is 2.92. The predicted octanol–water partition coefficient (Wildman–Crippen LogP) is 0.886. The number of aliphatic hydroxyl groups excluding tert-OH is 1. The summed E-state index contributed by atoms with van der Waals surface area (Å²) in [5.41, 5.74) is 6.11. The van der Waals surface area contributed by atoms with E-state index in [9.17, 15) is 0 Å². The highest BCUT2D eigenvalue weighted by Gasteiger charge is 2.39. The molecule has 1 saturated carbocycles. The third-order valence-electron chi connectivity index (χ3n) is 2.92.